The molecule has 6 nitrogen and oxygen atoms in total. The predicted octanol–water partition coefficient (Wildman–Crippen LogP) is 2.83. The summed E-state index contributed by atoms with van der Waals surface area (Å²) in [4.78, 5) is 23.5. The Morgan fingerprint density at radius 3 is 2.68 bits per heavy atom. The number of esters is 2. The summed E-state index contributed by atoms with van der Waals surface area (Å²) >= 11 is 0. The summed E-state index contributed by atoms with van der Waals surface area (Å²) in [7, 11) is 1.30. The first-order valence-corrected chi connectivity index (χ1v) is 8.31. The van der Waals surface area contributed by atoms with Gasteiger partial charge in [-0.1, -0.05) is 6.07 Å². The van der Waals surface area contributed by atoms with E-state index in [1.165, 1.54) is 19.3 Å². The molecular formula is C19H22O6. The van der Waals surface area contributed by atoms with Crippen LogP contribution in [0.2, 0.25) is 0 Å². The number of hydrogen-bond donors (Lipinski definition) is 1. The molecular weight excluding hydrogens is 324 g/mol. The molecule has 6 heteroatoms. The fourth-order valence-corrected chi connectivity index (χ4v) is 3.30. The number of phenols is 1. The topological polar surface area (TPSA) is 82.1 Å². The molecule has 1 aromatic carbocycles. The Bertz CT molecular complexity index is 713. The van der Waals surface area contributed by atoms with Crippen molar-refractivity contribution in [2.75, 3.05) is 13.7 Å². The normalized spacial score (nSPS) is 28.0. The molecule has 1 aliphatic carbocycles. The van der Waals surface area contributed by atoms with Gasteiger partial charge in [-0.15, -0.1) is 0 Å². The minimum atomic E-state index is -0.637. The number of phenolic OH excluding ortho intramolecular Hbond substituents is 1. The van der Waals surface area contributed by atoms with Crippen molar-refractivity contribution in [3.63, 3.8) is 0 Å². The van der Waals surface area contributed by atoms with Gasteiger partial charge in [0.25, 0.3) is 0 Å². The lowest BCUT2D eigenvalue weighted by Gasteiger charge is -2.49. The molecule has 2 saturated heterocycles. The summed E-state index contributed by atoms with van der Waals surface area (Å²) in [6.07, 6.45) is 5.97. The molecule has 25 heavy (non-hydrogen) atoms. The first kappa shape index (κ1) is 17.3. The van der Waals surface area contributed by atoms with Crippen molar-refractivity contribution in [3.8, 4) is 11.5 Å². The molecule has 0 aromatic heterocycles. The van der Waals surface area contributed by atoms with Crippen LogP contribution < -0.4 is 4.74 Å². The van der Waals surface area contributed by atoms with Crippen LogP contribution in [0.3, 0.4) is 0 Å². The van der Waals surface area contributed by atoms with E-state index in [2.05, 4.69) is 4.74 Å². The number of fused-ring (bicyclic) bond motifs is 3. The molecule has 2 aliphatic heterocycles. The van der Waals surface area contributed by atoms with Crippen molar-refractivity contribution in [2.24, 2.45) is 5.41 Å². The Morgan fingerprint density at radius 2 is 2.04 bits per heavy atom. The highest BCUT2D eigenvalue weighted by molar-refractivity contribution is 5.87. The fourth-order valence-electron chi connectivity index (χ4n) is 3.30. The summed E-state index contributed by atoms with van der Waals surface area (Å²) in [5.74, 6) is -0.428. The van der Waals surface area contributed by atoms with E-state index in [9.17, 15) is 14.7 Å². The standard InChI is InChI=1S/C19H22O6/c1-18-7-9-19(10-8-18,17(22)25-18)12-24-15-11-13(3-5-14(15)20)4-6-16(21)23-2/h3-6,11,20H,7-10,12H2,1-2H3. The summed E-state index contributed by atoms with van der Waals surface area (Å²) < 4.78 is 15.9. The lowest BCUT2D eigenvalue weighted by atomic mass is 9.66. The molecule has 0 unspecified atom stereocenters. The van der Waals surface area contributed by atoms with Crippen LogP contribution in [-0.2, 0) is 19.1 Å². The first-order valence-electron chi connectivity index (χ1n) is 8.31. The average molecular weight is 346 g/mol. The second-order valence-corrected chi connectivity index (χ2v) is 6.99. The first-order chi connectivity index (χ1) is 11.9. The van der Waals surface area contributed by atoms with Gasteiger partial charge < -0.3 is 19.3 Å². The van der Waals surface area contributed by atoms with Crippen molar-refractivity contribution < 1.29 is 28.9 Å². The molecule has 3 aliphatic rings. The van der Waals surface area contributed by atoms with E-state index in [0.717, 1.165) is 25.7 Å². The second kappa shape index (κ2) is 6.43. The quantitative estimate of drug-likeness (QED) is 0.652. The van der Waals surface area contributed by atoms with Gasteiger partial charge in [-0.3, -0.25) is 4.79 Å². The van der Waals surface area contributed by atoms with Crippen molar-refractivity contribution in [2.45, 2.75) is 38.2 Å². The second-order valence-electron chi connectivity index (χ2n) is 6.99. The van der Waals surface area contributed by atoms with Crippen LogP contribution in [0.5, 0.6) is 11.5 Å². The summed E-state index contributed by atoms with van der Waals surface area (Å²) in [5, 5.41) is 10.0. The van der Waals surface area contributed by atoms with Gasteiger partial charge in [-0.2, -0.15) is 0 Å². The maximum Gasteiger partial charge on any atom is 0.330 e. The molecule has 2 heterocycles. The van der Waals surface area contributed by atoms with Crippen molar-refractivity contribution in [1.29, 1.82) is 0 Å². The van der Waals surface area contributed by atoms with Crippen LogP contribution >= 0.6 is 0 Å². The van der Waals surface area contributed by atoms with Crippen LogP contribution in [0.25, 0.3) is 6.08 Å². The lowest BCUT2D eigenvalue weighted by Crippen LogP contribution is -2.55. The van der Waals surface area contributed by atoms with Gasteiger partial charge in [0.15, 0.2) is 11.5 Å². The Hall–Kier alpha value is -2.50. The van der Waals surface area contributed by atoms with E-state index < -0.39 is 11.4 Å². The number of rotatable bonds is 5. The van der Waals surface area contributed by atoms with Gasteiger partial charge >= 0.3 is 11.9 Å². The van der Waals surface area contributed by atoms with Crippen LogP contribution in [0.1, 0.15) is 38.2 Å². The molecule has 134 valence electrons. The molecule has 0 amide bonds. The van der Waals surface area contributed by atoms with Gasteiger partial charge in [0.2, 0.25) is 0 Å². The van der Waals surface area contributed by atoms with E-state index in [1.54, 1.807) is 18.2 Å². The monoisotopic (exact) mass is 346 g/mol. The summed E-state index contributed by atoms with van der Waals surface area (Å²) in [6, 6.07) is 4.76. The van der Waals surface area contributed by atoms with E-state index in [-0.39, 0.29) is 29.7 Å². The van der Waals surface area contributed by atoms with Crippen molar-refractivity contribution in [3.05, 3.63) is 29.8 Å². The molecule has 1 N–H and O–H groups in total. The van der Waals surface area contributed by atoms with Gasteiger partial charge in [0.05, 0.1) is 7.11 Å². The third-order valence-corrected chi connectivity index (χ3v) is 5.14. The van der Waals surface area contributed by atoms with Crippen molar-refractivity contribution in [1.82, 2.24) is 0 Å². The maximum atomic E-state index is 12.3. The molecule has 0 radical (unpaired) electrons. The van der Waals surface area contributed by atoms with Crippen LogP contribution in [-0.4, -0.2) is 36.4 Å². The number of hydrogen-bond acceptors (Lipinski definition) is 6. The molecule has 2 bridgehead atoms. The summed E-state index contributed by atoms with van der Waals surface area (Å²) in [5.41, 5.74) is -0.292. The van der Waals surface area contributed by atoms with Crippen LogP contribution in [0.15, 0.2) is 24.3 Å². The number of carbonyl (C=O) groups excluding carboxylic acids is 2. The Labute approximate surface area is 146 Å². The SMILES string of the molecule is COC(=O)C=Cc1ccc(O)c(OCC23CCC(C)(CC2)OC3=O)c1. The Kier molecular flexibility index (Phi) is 4.45. The molecule has 1 saturated carbocycles. The van der Waals surface area contributed by atoms with Gasteiger partial charge in [-0.05, 0) is 56.4 Å². The zero-order valence-electron chi connectivity index (χ0n) is 14.4. The van der Waals surface area contributed by atoms with Crippen molar-refractivity contribution >= 4 is 18.0 Å². The number of aromatic hydroxyl groups is 1. The third kappa shape index (κ3) is 3.48. The highest BCUT2D eigenvalue weighted by atomic mass is 16.6. The minimum absolute atomic E-state index is 0.0172. The number of benzene rings is 1. The van der Waals surface area contributed by atoms with Crippen LogP contribution in [0, 0.1) is 5.41 Å². The smallest absolute Gasteiger partial charge is 0.330 e. The number of ether oxygens (including phenoxy) is 3. The average Bonchev–Trinajstić information content (AvgIpc) is 2.60. The predicted molar refractivity (Wildman–Crippen MR) is 90.0 cm³/mol. The van der Waals surface area contributed by atoms with E-state index in [1.807, 2.05) is 6.92 Å². The van der Waals surface area contributed by atoms with Gasteiger partial charge in [-0.25, -0.2) is 4.79 Å². The third-order valence-electron chi connectivity index (χ3n) is 5.14. The highest BCUT2D eigenvalue weighted by Gasteiger charge is 2.54. The fraction of sp³-hybridized carbons (Fsp3) is 0.474. The van der Waals surface area contributed by atoms with Gasteiger partial charge in [0.1, 0.15) is 17.6 Å². The molecule has 0 atom stereocenters. The Balaban J connectivity index is 1.72. The molecule has 4 rings (SSSR count). The van der Waals surface area contributed by atoms with Crippen LogP contribution in [0.4, 0.5) is 0 Å². The molecule has 0 spiro atoms. The molecule has 1 aromatic rings. The highest BCUT2D eigenvalue weighted by Crippen LogP contribution is 2.49. The van der Waals surface area contributed by atoms with E-state index in [0.29, 0.717) is 5.56 Å². The zero-order valence-corrected chi connectivity index (χ0v) is 14.4. The lowest BCUT2D eigenvalue weighted by molar-refractivity contribution is -0.203. The molecule has 3 fully saturated rings. The summed E-state index contributed by atoms with van der Waals surface area (Å²) in [6.45, 7) is 2.14. The Morgan fingerprint density at radius 1 is 1.32 bits per heavy atom. The van der Waals surface area contributed by atoms with E-state index in [4.69, 9.17) is 9.47 Å². The van der Waals surface area contributed by atoms with Gasteiger partial charge in [0, 0.05) is 6.08 Å². The van der Waals surface area contributed by atoms with E-state index >= 15 is 0 Å². The largest absolute Gasteiger partial charge is 0.504 e. The number of carbonyl (C=O) groups is 2. The zero-order chi connectivity index (χ0) is 18.1. The maximum absolute atomic E-state index is 12.3. The number of methoxy groups -OCH3 is 1. The minimum Gasteiger partial charge on any atom is -0.504 e.